The summed E-state index contributed by atoms with van der Waals surface area (Å²) in [5.41, 5.74) is 8.52. The Labute approximate surface area is 131 Å². The summed E-state index contributed by atoms with van der Waals surface area (Å²) in [6, 6.07) is 12.0. The highest BCUT2D eigenvalue weighted by Gasteiger charge is 2.10. The van der Waals surface area contributed by atoms with Crippen LogP contribution in [0.4, 0.5) is 8.78 Å². The van der Waals surface area contributed by atoms with Crippen molar-refractivity contribution >= 4 is 12.2 Å². The number of rotatable bonds is 4. The SMILES string of the molecule is NCc1nnn(-c2ccc(F)cc2)c1/C=C/c1ccc(F)cc1. The van der Waals surface area contributed by atoms with E-state index in [-0.39, 0.29) is 18.2 Å². The number of nitrogens with zero attached hydrogens (tertiary/aromatic N) is 3. The average molecular weight is 312 g/mol. The fourth-order valence-corrected chi connectivity index (χ4v) is 2.15. The van der Waals surface area contributed by atoms with Crippen molar-refractivity contribution in [3.05, 3.63) is 77.1 Å². The Morgan fingerprint density at radius 3 is 2.13 bits per heavy atom. The standard InChI is InChI=1S/C17H14F2N4/c18-13-4-1-12(2-5-13)3-10-17-16(11-20)21-22-23(17)15-8-6-14(19)7-9-15/h1-10H,11,20H2/b10-3+. The fourth-order valence-electron chi connectivity index (χ4n) is 2.15. The largest absolute Gasteiger partial charge is 0.325 e. The minimum absolute atomic E-state index is 0.226. The molecular weight excluding hydrogens is 298 g/mol. The van der Waals surface area contributed by atoms with Gasteiger partial charge in [0.05, 0.1) is 11.4 Å². The van der Waals surface area contributed by atoms with Crippen LogP contribution in [0.15, 0.2) is 48.5 Å². The second kappa shape index (κ2) is 6.50. The van der Waals surface area contributed by atoms with Crippen LogP contribution in [-0.4, -0.2) is 15.0 Å². The van der Waals surface area contributed by atoms with E-state index >= 15 is 0 Å². The maximum atomic E-state index is 13.1. The van der Waals surface area contributed by atoms with Gasteiger partial charge >= 0.3 is 0 Å². The smallest absolute Gasteiger partial charge is 0.123 e. The van der Waals surface area contributed by atoms with Crippen LogP contribution in [0.1, 0.15) is 17.0 Å². The van der Waals surface area contributed by atoms with Gasteiger partial charge in [0.25, 0.3) is 0 Å². The van der Waals surface area contributed by atoms with E-state index in [1.54, 1.807) is 35.0 Å². The van der Waals surface area contributed by atoms with Gasteiger partial charge in [-0.15, -0.1) is 5.10 Å². The highest BCUT2D eigenvalue weighted by atomic mass is 19.1. The van der Waals surface area contributed by atoms with Crippen molar-refractivity contribution in [2.75, 3.05) is 0 Å². The van der Waals surface area contributed by atoms with Crippen LogP contribution in [0.3, 0.4) is 0 Å². The van der Waals surface area contributed by atoms with E-state index < -0.39 is 0 Å². The third kappa shape index (κ3) is 3.32. The summed E-state index contributed by atoms with van der Waals surface area (Å²) < 4.78 is 27.6. The number of halogens is 2. The zero-order chi connectivity index (χ0) is 16.2. The zero-order valence-corrected chi connectivity index (χ0v) is 12.2. The Balaban J connectivity index is 1.98. The molecule has 116 valence electrons. The normalized spacial score (nSPS) is 11.3. The monoisotopic (exact) mass is 312 g/mol. The summed E-state index contributed by atoms with van der Waals surface area (Å²) in [5, 5.41) is 8.11. The Kier molecular flexibility index (Phi) is 4.25. The molecule has 0 atom stereocenters. The first-order chi connectivity index (χ1) is 11.2. The van der Waals surface area contributed by atoms with Crippen molar-refractivity contribution in [2.24, 2.45) is 5.73 Å². The van der Waals surface area contributed by atoms with Crippen molar-refractivity contribution in [3.63, 3.8) is 0 Å². The van der Waals surface area contributed by atoms with Crippen molar-refractivity contribution in [1.29, 1.82) is 0 Å². The molecule has 0 aliphatic rings. The number of nitrogens with two attached hydrogens (primary N) is 1. The van der Waals surface area contributed by atoms with Crippen molar-refractivity contribution < 1.29 is 8.78 Å². The van der Waals surface area contributed by atoms with Gasteiger partial charge in [0.2, 0.25) is 0 Å². The highest BCUT2D eigenvalue weighted by molar-refractivity contribution is 5.69. The summed E-state index contributed by atoms with van der Waals surface area (Å²) in [6.07, 6.45) is 3.62. The lowest BCUT2D eigenvalue weighted by molar-refractivity contribution is 0.626. The van der Waals surface area contributed by atoms with Gasteiger partial charge < -0.3 is 5.73 Å². The highest BCUT2D eigenvalue weighted by Crippen LogP contribution is 2.17. The van der Waals surface area contributed by atoms with Crippen molar-refractivity contribution in [1.82, 2.24) is 15.0 Å². The molecule has 0 aliphatic carbocycles. The Morgan fingerprint density at radius 2 is 1.52 bits per heavy atom. The van der Waals surface area contributed by atoms with Gasteiger partial charge in [0.1, 0.15) is 17.3 Å². The Morgan fingerprint density at radius 1 is 0.913 bits per heavy atom. The van der Waals surface area contributed by atoms with Crippen LogP contribution in [0.2, 0.25) is 0 Å². The molecule has 2 N–H and O–H groups in total. The molecule has 0 fully saturated rings. The van der Waals surface area contributed by atoms with E-state index in [0.717, 1.165) is 5.56 Å². The van der Waals surface area contributed by atoms with Gasteiger partial charge in [-0.3, -0.25) is 0 Å². The molecule has 4 nitrogen and oxygen atoms in total. The van der Waals surface area contributed by atoms with Crippen LogP contribution in [0.25, 0.3) is 17.8 Å². The van der Waals surface area contributed by atoms with E-state index in [1.807, 2.05) is 6.08 Å². The molecule has 23 heavy (non-hydrogen) atoms. The van der Waals surface area contributed by atoms with E-state index in [1.165, 1.54) is 24.3 Å². The predicted molar refractivity (Wildman–Crippen MR) is 84.5 cm³/mol. The third-order valence-corrected chi connectivity index (χ3v) is 3.35. The Hall–Kier alpha value is -2.86. The van der Waals surface area contributed by atoms with Gasteiger partial charge in [-0.05, 0) is 48.0 Å². The quantitative estimate of drug-likeness (QED) is 0.805. The summed E-state index contributed by atoms with van der Waals surface area (Å²) >= 11 is 0. The molecule has 6 heteroatoms. The van der Waals surface area contributed by atoms with Gasteiger partial charge in [0, 0.05) is 6.54 Å². The Bertz CT molecular complexity index is 821. The minimum atomic E-state index is -0.323. The summed E-state index contributed by atoms with van der Waals surface area (Å²) in [5.74, 6) is -0.612. The fraction of sp³-hybridized carbons (Fsp3) is 0.0588. The van der Waals surface area contributed by atoms with Crippen LogP contribution in [0, 0.1) is 11.6 Å². The second-order valence-corrected chi connectivity index (χ2v) is 4.90. The van der Waals surface area contributed by atoms with E-state index in [4.69, 9.17) is 5.73 Å². The second-order valence-electron chi connectivity index (χ2n) is 4.90. The summed E-state index contributed by atoms with van der Waals surface area (Å²) in [7, 11) is 0. The molecule has 0 amide bonds. The third-order valence-electron chi connectivity index (χ3n) is 3.35. The molecule has 0 radical (unpaired) electrons. The molecular formula is C17H14F2N4. The van der Waals surface area contributed by atoms with E-state index in [9.17, 15) is 8.78 Å². The van der Waals surface area contributed by atoms with Gasteiger partial charge in [-0.1, -0.05) is 23.4 Å². The number of benzene rings is 2. The van der Waals surface area contributed by atoms with Gasteiger partial charge in [0.15, 0.2) is 0 Å². The molecule has 3 rings (SSSR count). The zero-order valence-electron chi connectivity index (χ0n) is 12.2. The van der Waals surface area contributed by atoms with Crippen LogP contribution >= 0.6 is 0 Å². The average Bonchev–Trinajstić information content (AvgIpc) is 2.98. The van der Waals surface area contributed by atoms with Crippen LogP contribution < -0.4 is 5.73 Å². The number of hydrogen-bond donors (Lipinski definition) is 1. The van der Waals surface area contributed by atoms with E-state index in [2.05, 4.69) is 10.3 Å². The molecule has 2 aromatic carbocycles. The summed E-state index contributed by atoms with van der Waals surface area (Å²) in [6.45, 7) is 0.226. The maximum Gasteiger partial charge on any atom is 0.123 e. The molecule has 1 aromatic heterocycles. The molecule has 0 bridgehead atoms. The number of hydrogen-bond acceptors (Lipinski definition) is 3. The lowest BCUT2D eigenvalue weighted by Crippen LogP contribution is -2.02. The molecule has 0 saturated heterocycles. The molecule has 0 spiro atoms. The number of aromatic nitrogens is 3. The van der Waals surface area contributed by atoms with Gasteiger partial charge in [-0.2, -0.15) is 0 Å². The first kappa shape index (κ1) is 15.1. The molecule has 1 heterocycles. The molecule has 0 aliphatic heterocycles. The first-order valence-corrected chi connectivity index (χ1v) is 7.01. The van der Waals surface area contributed by atoms with Crippen molar-refractivity contribution in [2.45, 2.75) is 6.54 Å². The topological polar surface area (TPSA) is 56.7 Å². The van der Waals surface area contributed by atoms with Gasteiger partial charge in [-0.25, -0.2) is 13.5 Å². The van der Waals surface area contributed by atoms with Crippen LogP contribution in [0.5, 0.6) is 0 Å². The minimum Gasteiger partial charge on any atom is -0.325 e. The lowest BCUT2D eigenvalue weighted by Gasteiger charge is -2.04. The lowest BCUT2D eigenvalue weighted by atomic mass is 10.2. The van der Waals surface area contributed by atoms with Crippen LogP contribution in [-0.2, 0) is 6.54 Å². The predicted octanol–water partition coefficient (Wildman–Crippen LogP) is 3.17. The molecule has 0 saturated carbocycles. The molecule has 0 unspecified atom stereocenters. The first-order valence-electron chi connectivity index (χ1n) is 7.01. The van der Waals surface area contributed by atoms with E-state index in [0.29, 0.717) is 17.1 Å². The summed E-state index contributed by atoms with van der Waals surface area (Å²) in [4.78, 5) is 0. The maximum absolute atomic E-state index is 13.1. The van der Waals surface area contributed by atoms with Crippen molar-refractivity contribution in [3.8, 4) is 5.69 Å². The molecule has 3 aromatic rings.